The third-order valence-corrected chi connectivity index (χ3v) is 4.04. The summed E-state index contributed by atoms with van der Waals surface area (Å²) in [5, 5.41) is 12.0. The molecule has 2 aliphatic heterocycles. The lowest BCUT2D eigenvalue weighted by molar-refractivity contribution is -0.142. The average Bonchev–Trinajstić information content (AvgIpc) is 2.55. The van der Waals surface area contributed by atoms with Gasteiger partial charge in [-0.3, -0.25) is 9.59 Å². The van der Waals surface area contributed by atoms with Crippen LogP contribution in [0, 0.1) is 16.7 Å². The van der Waals surface area contributed by atoms with Crippen LogP contribution in [0.3, 0.4) is 0 Å². The van der Waals surface area contributed by atoms with Gasteiger partial charge in [0.05, 0.1) is 19.3 Å². The fourth-order valence-corrected chi connectivity index (χ4v) is 2.56. The fourth-order valence-electron chi connectivity index (χ4n) is 2.56. The Morgan fingerprint density at radius 3 is 2.33 bits per heavy atom. The van der Waals surface area contributed by atoms with Gasteiger partial charge in [0.25, 0.3) is 0 Å². The zero-order valence-electron chi connectivity index (χ0n) is 12.3. The quantitative estimate of drug-likeness (QED) is 0.770. The van der Waals surface area contributed by atoms with Gasteiger partial charge in [-0.15, -0.1) is 0 Å². The Morgan fingerprint density at radius 2 is 1.76 bits per heavy atom. The maximum atomic E-state index is 12.4. The van der Waals surface area contributed by atoms with E-state index in [1.807, 2.05) is 0 Å². The van der Waals surface area contributed by atoms with Crippen molar-refractivity contribution in [1.29, 1.82) is 5.26 Å². The first-order valence-corrected chi connectivity index (χ1v) is 7.25. The van der Waals surface area contributed by atoms with Crippen LogP contribution in [0.5, 0.6) is 0 Å². The second-order valence-electron chi connectivity index (χ2n) is 5.44. The minimum absolute atomic E-state index is 0.133. The molecule has 1 atom stereocenters. The first kappa shape index (κ1) is 15.7. The van der Waals surface area contributed by atoms with Crippen molar-refractivity contribution in [2.75, 3.05) is 39.5 Å². The van der Waals surface area contributed by atoms with Crippen molar-refractivity contribution < 1.29 is 19.1 Å². The monoisotopic (exact) mass is 295 g/mol. The molecule has 21 heavy (non-hydrogen) atoms. The molecule has 2 amide bonds. The van der Waals surface area contributed by atoms with Crippen LogP contribution in [0.25, 0.3) is 0 Å². The predicted molar refractivity (Wildman–Crippen MR) is 73.1 cm³/mol. The lowest BCUT2D eigenvalue weighted by atomic mass is 9.80. The molecule has 2 aliphatic rings. The maximum Gasteiger partial charge on any atom is 0.245 e. The second-order valence-corrected chi connectivity index (χ2v) is 5.44. The van der Waals surface area contributed by atoms with E-state index >= 15 is 0 Å². The van der Waals surface area contributed by atoms with Crippen molar-refractivity contribution in [3.63, 3.8) is 0 Å². The van der Waals surface area contributed by atoms with Gasteiger partial charge < -0.3 is 19.7 Å². The fraction of sp³-hybridized carbons (Fsp3) is 0.786. The molecule has 116 valence electrons. The zero-order valence-corrected chi connectivity index (χ0v) is 12.3. The van der Waals surface area contributed by atoms with Crippen molar-refractivity contribution in [2.45, 2.75) is 25.8 Å². The SMILES string of the molecule is CC(NC(=O)C1(C#N)CCOCC1)C(=O)N1CCOCC1. The number of hydrogen-bond acceptors (Lipinski definition) is 5. The van der Waals surface area contributed by atoms with Crippen LogP contribution in [0.2, 0.25) is 0 Å². The van der Waals surface area contributed by atoms with Crippen LogP contribution in [-0.4, -0.2) is 62.3 Å². The number of ether oxygens (including phenoxy) is 2. The molecule has 1 N–H and O–H groups in total. The highest BCUT2D eigenvalue weighted by Gasteiger charge is 2.41. The third-order valence-electron chi connectivity index (χ3n) is 4.04. The summed E-state index contributed by atoms with van der Waals surface area (Å²) in [6.07, 6.45) is 0.738. The summed E-state index contributed by atoms with van der Waals surface area (Å²) in [6, 6.07) is 1.47. The van der Waals surface area contributed by atoms with Crippen LogP contribution in [0.4, 0.5) is 0 Å². The largest absolute Gasteiger partial charge is 0.381 e. The van der Waals surface area contributed by atoms with Gasteiger partial charge in [0, 0.05) is 26.3 Å². The summed E-state index contributed by atoms with van der Waals surface area (Å²) in [6.45, 7) is 4.56. The minimum atomic E-state index is -1.07. The highest BCUT2D eigenvalue weighted by Crippen LogP contribution is 2.30. The smallest absolute Gasteiger partial charge is 0.245 e. The summed E-state index contributed by atoms with van der Waals surface area (Å²) >= 11 is 0. The van der Waals surface area contributed by atoms with E-state index in [9.17, 15) is 14.9 Å². The standard InChI is InChI=1S/C14H21N3O4/c1-11(12(18)17-4-8-21-9-5-17)16-13(19)14(10-15)2-6-20-7-3-14/h11H,2-9H2,1H3,(H,16,19). The molecule has 0 aromatic carbocycles. The van der Waals surface area contributed by atoms with Crippen molar-refractivity contribution in [3.05, 3.63) is 0 Å². The highest BCUT2D eigenvalue weighted by atomic mass is 16.5. The third kappa shape index (κ3) is 3.52. The number of nitrogens with zero attached hydrogens (tertiary/aromatic N) is 2. The zero-order chi connectivity index (χ0) is 15.3. The Morgan fingerprint density at radius 1 is 1.19 bits per heavy atom. The summed E-state index contributed by atoms with van der Waals surface area (Å²) in [7, 11) is 0. The number of carbonyl (C=O) groups is 2. The van der Waals surface area contributed by atoms with Gasteiger partial charge in [-0.25, -0.2) is 0 Å². The first-order valence-electron chi connectivity index (χ1n) is 7.25. The van der Waals surface area contributed by atoms with Crippen molar-refractivity contribution in [2.24, 2.45) is 5.41 Å². The van der Waals surface area contributed by atoms with Gasteiger partial charge in [-0.2, -0.15) is 5.26 Å². The van der Waals surface area contributed by atoms with Crippen molar-refractivity contribution in [1.82, 2.24) is 10.2 Å². The number of morpholine rings is 1. The second kappa shape index (κ2) is 6.87. The number of nitrogens with one attached hydrogen (secondary N) is 1. The molecule has 0 aromatic rings. The van der Waals surface area contributed by atoms with E-state index in [-0.39, 0.29) is 11.8 Å². The summed E-state index contributed by atoms with van der Waals surface area (Å²) in [5.74, 6) is -0.505. The molecule has 2 fully saturated rings. The van der Waals surface area contributed by atoms with E-state index in [1.165, 1.54) is 0 Å². The highest BCUT2D eigenvalue weighted by molar-refractivity contribution is 5.91. The molecular weight excluding hydrogens is 274 g/mol. The van der Waals surface area contributed by atoms with Crippen LogP contribution < -0.4 is 5.32 Å². The molecule has 0 spiro atoms. The van der Waals surface area contributed by atoms with Crippen LogP contribution in [-0.2, 0) is 19.1 Å². The molecule has 1 unspecified atom stereocenters. The number of nitriles is 1. The lowest BCUT2D eigenvalue weighted by Crippen LogP contribution is -2.54. The van der Waals surface area contributed by atoms with Crippen LogP contribution >= 0.6 is 0 Å². The number of hydrogen-bond donors (Lipinski definition) is 1. The molecule has 2 saturated heterocycles. The van der Waals surface area contributed by atoms with Gasteiger partial charge >= 0.3 is 0 Å². The van der Waals surface area contributed by atoms with Gasteiger partial charge in [-0.05, 0) is 19.8 Å². The Labute approximate surface area is 124 Å². The Balaban J connectivity index is 1.94. The summed E-state index contributed by atoms with van der Waals surface area (Å²) < 4.78 is 10.4. The average molecular weight is 295 g/mol. The summed E-state index contributed by atoms with van der Waals surface area (Å²) in [5.41, 5.74) is -1.07. The molecular formula is C14H21N3O4. The van der Waals surface area contributed by atoms with E-state index in [2.05, 4.69) is 11.4 Å². The topological polar surface area (TPSA) is 91.7 Å². The van der Waals surface area contributed by atoms with E-state index in [0.29, 0.717) is 52.4 Å². The molecule has 0 radical (unpaired) electrons. The molecule has 0 bridgehead atoms. The molecule has 2 heterocycles. The molecule has 7 nitrogen and oxygen atoms in total. The maximum absolute atomic E-state index is 12.4. The lowest BCUT2D eigenvalue weighted by Gasteiger charge is -2.32. The van der Waals surface area contributed by atoms with Crippen LogP contribution in [0.1, 0.15) is 19.8 Å². The van der Waals surface area contributed by atoms with Crippen molar-refractivity contribution >= 4 is 11.8 Å². The van der Waals surface area contributed by atoms with Gasteiger partial charge in [0.2, 0.25) is 11.8 Å². The Kier molecular flexibility index (Phi) is 5.15. The van der Waals surface area contributed by atoms with E-state index in [1.54, 1.807) is 11.8 Å². The molecule has 0 saturated carbocycles. The predicted octanol–water partition coefficient (Wildman–Crippen LogP) is -0.330. The van der Waals surface area contributed by atoms with E-state index in [4.69, 9.17) is 9.47 Å². The first-order chi connectivity index (χ1) is 10.1. The van der Waals surface area contributed by atoms with Gasteiger partial charge in [0.1, 0.15) is 11.5 Å². The Hall–Kier alpha value is -1.65. The number of amides is 2. The number of rotatable bonds is 3. The van der Waals surface area contributed by atoms with E-state index in [0.717, 1.165) is 0 Å². The molecule has 7 heteroatoms. The van der Waals surface area contributed by atoms with E-state index < -0.39 is 11.5 Å². The minimum Gasteiger partial charge on any atom is -0.381 e. The van der Waals surface area contributed by atoms with Crippen molar-refractivity contribution in [3.8, 4) is 6.07 Å². The normalized spacial score (nSPS) is 23.0. The molecule has 2 rings (SSSR count). The van der Waals surface area contributed by atoms with Gasteiger partial charge in [0.15, 0.2) is 0 Å². The van der Waals surface area contributed by atoms with Crippen LogP contribution in [0.15, 0.2) is 0 Å². The number of carbonyl (C=O) groups excluding carboxylic acids is 2. The van der Waals surface area contributed by atoms with Gasteiger partial charge in [-0.1, -0.05) is 0 Å². The Bertz CT molecular complexity index is 434. The summed E-state index contributed by atoms with van der Waals surface area (Å²) in [4.78, 5) is 26.3. The molecule has 0 aliphatic carbocycles. The molecule has 0 aromatic heterocycles.